The minimum Gasteiger partial charge on any atom is -0.544 e. The molecule has 5 heteroatoms. The maximum Gasteiger partial charge on any atom is 0.154 e. The van der Waals surface area contributed by atoms with Crippen molar-refractivity contribution >= 4 is 17.6 Å². The van der Waals surface area contributed by atoms with Crippen LogP contribution in [0.3, 0.4) is 0 Å². The largest absolute Gasteiger partial charge is 0.544 e. The number of hydrogen-bond acceptors (Lipinski definition) is 3. The Hall–Kier alpha value is -1.26. The number of aliphatic carboxylic acids is 1. The molecule has 0 aliphatic carbocycles. The standard InChI is InChI=1S/C9H10ClNO3/c1-14-7-3-2-5(10)4-6(7)8(11)9(12)13/h2-4,8H,11H2,1H3,(H,12,13)/t8-/m1/s1. The van der Waals surface area contributed by atoms with Gasteiger partial charge < -0.3 is 20.4 Å². The van der Waals surface area contributed by atoms with Crippen molar-refractivity contribution in [1.29, 1.82) is 0 Å². The first-order valence-corrected chi connectivity index (χ1v) is 4.31. The van der Waals surface area contributed by atoms with Gasteiger partial charge >= 0.3 is 0 Å². The Labute approximate surface area is 86.2 Å². The van der Waals surface area contributed by atoms with E-state index in [9.17, 15) is 9.90 Å². The third-order valence-electron chi connectivity index (χ3n) is 1.85. The van der Waals surface area contributed by atoms with E-state index in [1.807, 2.05) is 0 Å². The van der Waals surface area contributed by atoms with Gasteiger partial charge in [-0.05, 0) is 18.2 Å². The van der Waals surface area contributed by atoms with E-state index in [-0.39, 0.29) is 0 Å². The minimum atomic E-state index is -1.26. The van der Waals surface area contributed by atoms with E-state index in [0.29, 0.717) is 16.3 Å². The number of methoxy groups -OCH3 is 1. The monoisotopic (exact) mass is 215 g/mol. The van der Waals surface area contributed by atoms with E-state index in [4.69, 9.17) is 16.3 Å². The number of ether oxygens (including phenoxy) is 1. The highest BCUT2D eigenvalue weighted by molar-refractivity contribution is 6.30. The van der Waals surface area contributed by atoms with E-state index in [1.54, 1.807) is 12.1 Å². The summed E-state index contributed by atoms with van der Waals surface area (Å²) >= 11 is 5.73. The van der Waals surface area contributed by atoms with E-state index in [2.05, 4.69) is 5.73 Å². The third kappa shape index (κ3) is 2.16. The van der Waals surface area contributed by atoms with Crippen LogP contribution in [0.2, 0.25) is 5.02 Å². The first-order valence-electron chi connectivity index (χ1n) is 3.93. The molecule has 0 saturated carbocycles. The van der Waals surface area contributed by atoms with Gasteiger partial charge in [0.1, 0.15) is 11.7 Å². The van der Waals surface area contributed by atoms with Gasteiger partial charge in [0.2, 0.25) is 0 Å². The van der Waals surface area contributed by atoms with Crippen molar-refractivity contribution in [3.05, 3.63) is 28.8 Å². The molecule has 1 aromatic rings. The Kier molecular flexibility index (Phi) is 3.33. The summed E-state index contributed by atoms with van der Waals surface area (Å²) in [6.45, 7) is 0. The number of carboxylic acid groups (broad SMARTS) is 1. The topological polar surface area (TPSA) is 77.0 Å². The van der Waals surface area contributed by atoms with Crippen LogP contribution in [0.5, 0.6) is 5.75 Å². The van der Waals surface area contributed by atoms with Gasteiger partial charge in [0.15, 0.2) is 6.04 Å². The number of hydrogen-bond donors (Lipinski definition) is 1. The number of halogens is 1. The van der Waals surface area contributed by atoms with Crippen molar-refractivity contribution in [2.24, 2.45) is 0 Å². The molecular weight excluding hydrogens is 206 g/mol. The van der Waals surface area contributed by atoms with Gasteiger partial charge in [-0.25, -0.2) is 0 Å². The fraction of sp³-hybridized carbons (Fsp3) is 0.222. The fourth-order valence-electron chi connectivity index (χ4n) is 1.10. The first kappa shape index (κ1) is 10.8. The molecule has 0 fully saturated rings. The highest BCUT2D eigenvalue weighted by Crippen LogP contribution is 2.25. The number of quaternary nitrogens is 1. The molecule has 14 heavy (non-hydrogen) atoms. The molecule has 1 atom stereocenters. The molecule has 0 heterocycles. The smallest absolute Gasteiger partial charge is 0.154 e. The number of carbonyl (C=O) groups excluding carboxylic acids is 1. The molecule has 0 aromatic heterocycles. The molecule has 0 unspecified atom stereocenters. The van der Waals surface area contributed by atoms with Crippen LogP contribution >= 0.6 is 11.6 Å². The molecule has 0 saturated heterocycles. The molecule has 0 amide bonds. The van der Waals surface area contributed by atoms with Crippen LogP contribution < -0.4 is 15.6 Å². The van der Waals surface area contributed by atoms with Gasteiger partial charge in [-0.1, -0.05) is 11.6 Å². The second-order valence-electron chi connectivity index (χ2n) is 2.76. The third-order valence-corrected chi connectivity index (χ3v) is 2.09. The van der Waals surface area contributed by atoms with Crippen LogP contribution in [0.1, 0.15) is 11.6 Å². The predicted octanol–water partition coefficient (Wildman–Crippen LogP) is -0.619. The van der Waals surface area contributed by atoms with Crippen molar-refractivity contribution in [2.45, 2.75) is 6.04 Å². The molecule has 76 valence electrons. The molecule has 3 N–H and O–H groups in total. The highest BCUT2D eigenvalue weighted by atomic mass is 35.5. The summed E-state index contributed by atoms with van der Waals surface area (Å²) in [5.74, 6) is -0.816. The Morgan fingerprint density at radius 3 is 2.79 bits per heavy atom. The number of carbonyl (C=O) groups is 1. The second-order valence-corrected chi connectivity index (χ2v) is 3.19. The molecule has 0 bridgehead atoms. The SMILES string of the molecule is COc1ccc(Cl)cc1[C@@H]([NH3+])C(=O)[O-]. The van der Waals surface area contributed by atoms with E-state index < -0.39 is 12.0 Å². The zero-order valence-electron chi connectivity index (χ0n) is 7.62. The van der Waals surface area contributed by atoms with Crippen molar-refractivity contribution in [1.82, 2.24) is 0 Å². The van der Waals surface area contributed by atoms with E-state index >= 15 is 0 Å². The van der Waals surface area contributed by atoms with Gasteiger partial charge in [0.05, 0.1) is 12.7 Å². The van der Waals surface area contributed by atoms with Crippen LogP contribution in [0.4, 0.5) is 0 Å². The van der Waals surface area contributed by atoms with Crippen LogP contribution in [0.15, 0.2) is 18.2 Å². The molecule has 4 nitrogen and oxygen atoms in total. The minimum absolute atomic E-state index is 0.417. The molecule has 0 radical (unpaired) electrons. The van der Waals surface area contributed by atoms with Crippen LogP contribution in [-0.2, 0) is 4.79 Å². The summed E-state index contributed by atoms with van der Waals surface area (Å²) in [6.07, 6.45) is 0. The van der Waals surface area contributed by atoms with E-state index in [0.717, 1.165) is 0 Å². The molecule has 0 aliphatic rings. The predicted molar refractivity (Wildman–Crippen MR) is 48.6 cm³/mol. The van der Waals surface area contributed by atoms with Crippen molar-refractivity contribution in [2.75, 3.05) is 7.11 Å². The molecular formula is C9H10ClNO3. The van der Waals surface area contributed by atoms with Crippen LogP contribution in [0.25, 0.3) is 0 Å². The summed E-state index contributed by atoms with van der Waals surface area (Å²) in [5, 5.41) is 11.0. The Morgan fingerprint density at radius 2 is 2.29 bits per heavy atom. The zero-order valence-corrected chi connectivity index (χ0v) is 8.38. The van der Waals surface area contributed by atoms with Gasteiger partial charge in [0.25, 0.3) is 0 Å². The average Bonchev–Trinajstić information content (AvgIpc) is 2.16. The Bertz CT molecular complexity index is 354. The molecule has 1 aromatic carbocycles. The zero-order chi connectivity index (χ0) is 10.7. The van der Waals surface area contributed by atoms with Crippen molar-refractivity contribution in [3.8, 4) is 5.75 Å². The van der Waals surface area contributed by atoms with E-state index in [1.165, 1.54) is 13.2 Å². The first-order chi connectivity index (χ1) is 6.56. The van der Waals surface area contributed by atoms with Crippen LogP contribution in [0, 0.1) is 0 Å². The summed E-state index contributed by atoms with van der Waals surface area (Å²) in [4.78, 5) is 10.6. The lowest BCUT2D eigenvalue weighted by Crippen LogP contribution is -2.61. The lowest BCUT2D eigenvalue weighted by atomic mass is 10.1. The van der Waals surface area contributed by atoms with Gasteiger partial charge in [-0.2, -0.15) is 0 Å². The number of benzene rings is 1. The summed E-state index contributed by atoms with van der Waals surface area (Å²) in [5.41, 5.74) is 3.87. The second kappa shape index (κ2) is 4.30. The summed E-state index contributed by atoms with van der Waals surface area (Å²) < 4.78 is 4.98. The van der Waals surface area contributed by atoms with Gasteiger partial charge in [0, 0.05) is 5.02 Å². The molecule has 0 aliphatic heterocycles. The molecule has 0 spiro atoms. The highest BCUT2D eigenvalue weighted by Gasteiger charge is 2.16. The normalized spacial score (nSPS) is 12.2. The number of rotatable bonds is 3. The van der Waals surface area contributed by atoms with Gasteiger partial charge in [-0.3, -0.25) is 0 Å². The maximum absolute atomic E-state index is 10.6. The van der Waals surface area contributed by atoms with Gasteiger partial charge in [-0.15, -0.1) is 0 Å². The lowest BCUT2D eigenvalue weighted by Gasteiger charge is -2.13. The summed E-state index contributed by atoms with van der Waals surface area (Å²) in [7, 11) is 1.45. The van der Waals surface area contributed by atoms with Crippen molar-refractivity contribution in [3.63, 3.8) is 0 Å². The quantitative estimate of drug-likeness (QED) is 0.730. The van der Waals surface area contributed by atoms with Crippen LogP contribution in [-0.4, -0.2) is 13.1 Å². The summed E-state index contributed by atoms with van der Waals surface area (Å²) in [6, 6.07) is 3.74. The Balaban J connectivity index is 3.16. The maximum atomic E-state index is 10.6. The molecule has 1 rings (SSSR count). The lowest BCUT2D eigenvalue weighted by molar-refractivity contribution is -0.443. The van der Waals surface area contributed by atoms with Crippen molar-refractivity contribution < 1.29 is 20.4 Å². The number of carboxylic acids is 1. The fourth-order valence-corrected chi connectivity index (χ4v) is 1.29. The Morgan fingerprint density at radius 1 is 1.64 bits per heavy atom. The average molecular weight is 216 g/mol.